The normalized spacial score (nSPS) is 16.5. The lowest BCUT2D eigenvalue weighted by atomic mass is 10.2. The van der Waals surface area contributed by atoms with Crippen molar-refractivity contribution in [3.8, 4) is 0 Å². The molecule has 1 fully saturated rings. The first-order chi connectivity index (χ1) is 6.27. The molecule has 0 unspecified atom stereocenters. The molecule has 0 saturated carbocycles. The van der Waals surface area contributed by atoms with Crippen LogP contribution in [0.1, 0.15) is 6.42 Å². The summed E-state index contributed by atoms with van der Waals surface area (Å²) in [6.07, 6.45) is 1.06. The van der Waals surface area contributed by atoms with E-state index in [2.05, 4.69) is 15.9 Å². The van der Waals surface area contributed by atoms with E-state index in [4.69, 9.17) is 10.6 Å². The van der Waals surface area contributed by atoms with E-state index in [9.17, 15) is 0 Å². The van der Waals surface area contributed by atoms with E-state index in [0.717, 1.165) is 35.4 Å². The summed E-state index contributed by atoms with van der Waals surface area (Å²) in [5.41, 5.74) is 7.53. The molecule has 0 radical (unpaired) electrons. The fraction of sp³-hybridized carbons (Fsp3) is 0.333. The number of hydroxylamine groups is 1. The minimum atomic E-state index is 0.755. The van der Waals surface area contributed by atoms with Crippen LogP contribution >= 0.6 is 15.9 Å². The Bertz CT molecular complexity index is 310. The van der Waals surface area contributed by atoms with Gasteiger partial charge in [-0.05, 0) is 24.6 Å². The van der Waals surface area contributed by atoms with Crippen LogP contribution in [-0.2, 0) is 4.84 Å². The van der Waals surface area contributed by atoms with Crippen LogP contribution in [0.5, 0.6) is 0 Å². The molecule has 2 N–H and O–H groups in total. The molecule has 3 nitrogen and oxygen atoms in total. The quantitative estimate of drug-likeness (QED) is 0.768. The zero-order valence-corrected chi connectivity index (χ0v) is 8.75. The lowest BCUT2D eigenvalue weighted by molar-refractivity contribution is 0.168. The minimum absolute atomic E-state index is 0.755. The molecule has 1 aromatic carbocycles. The molecule has 1 saturated heterocycles. The molecule has 0 aromatic heterocycles. The molecule has 0 amide bonds. The van der Waals surface area contributed by atoms with Gasteiger partial charge in [0, 0.05) is 11.0 Å². The molecule has 1 aliphatic heterocycles. The molecule has 0 spiro atoms. The van der Waals surface area contributed by atoms with Crippen molar-refractivity contribution in [2.24, 2.45) is 0 Å². The Morgan fingerprint density at radius 3 is 3.00 bits per heavy atom. The van der Waals surface area contributed by atoms with Gasteiger partial charge in [-0.3, -0.25) is 9.90 Å². The highest BCUT2D eigenvalue weighted by Crippen LogP contribution is 2.29. The number of hydrogen-bond acceptors (Lipinski definition) is 3. The van der Waals surface area contributed by atoms with E-state index < -0.39 is 0 Å². The highest BCUT2D eigenvalue weighted by Gasteiger charge is 2.15. The maximum absolute atomic E-state index is 5.83. The molecular formula is C9H11BrN2O. The second kappa shape index (κ2) is 3.55. The van der Waals surface area contributed by atoms with Crippen molar-refractivity contribution >= 4 is 27.3 Å². The number of benzene rings is 1. The highest BCUT2D eigenvalue weighted by atomic mass is 79.9. The highest BCUT2D eigenvalue weighted by molar-refractivity contribution is 9.10. The molecule has 0 bridgehead atoms. The van der Waals surface area contributed by atoms with Gasteiger partial charge in [0.2, 0.25) is 0 Å². The smallest absolute Gasteiger partial charge is 0.0877 e. The van der Waals surface area contributed by atoms with E-state index >= 15 is 0 Å². The summed E-state index contributed by atoms with van der Waals surface area (Å²) in [6.45, 7) is 1.70. The summed E-state index contributed by atoms with van der Waals surface area (Å²) < 4.78 is 1.02. The van der Waals surface area contributed by atoms with Crippen LogP contribution in [0.25, 0.3) is 0 Å². The Labute approximate surface area is 85.6 Å². The maximum Gasteiger partial charge on any atom is 0.0877 e. The van der Waals surface area contributed by atoms with Crippen LogP contribution in [0.3, 0.4) is 0 Å². The van der Waals surface area contributed by atoms with Crippen molar-refractivity contribution in [3.05, 3.63) is 22.7 Å². The van der Waals surface area contributed by atoms with E-state index in [0.29, 0.717) is 0 Å². The summed E-state index contributed by atoms with van der Waals surface area (Å²) in [6, 6.07) is 5.77. The summed E-state index contributed by atoms with van der Waals surface area (Å²) in [4.78, 5) is 5.41. The fourth-order valence-corrected chi connectivity index (χ4v) is 1.72. The van der Waals surface area contributed by atoms with Crippen LogP contribution in [0.2, 0.25) is 0 Å². The van der Waals surface area contributed by atoms with Crippen molar-refractivity contribution in [1.29, 1.82) is 0 Å². The molecular weight excluding hydrogens is 232 g/mol. The first-order valence-electron chi connectivity index (χ1n) is 4.23. The van der Waals surface area contributed by atoms with Gasteiger partial charge in [0.1, 0.15) is 0 Å². The van der Waals surface area contributed by atoms with Gasteiger partial charge in [-0.25, -0.2) is 0 Å². The monoisotopic (exact) mass is 242 g/mol. The van der Waals surface area contributed by atoms with Crippen LogP contribution < -0.4 is 10.8 Å². The van der Waals surface area contributed by atoms with Crippen LogP contribution in [0.15, 0.2) is 22.7 Å². The summed E-state index contributed by atoms with van der Waals surface area (Å²) in [5, 5.41) is 1.85. The Morgan fingerprint density at radius 1 is 1.46 bits per heavy atom. The van der Waals surface area contributed by atoms with Crippen molar-refractivity contribution in [1.82, 2.24) is 0 Å². The predicted molar refractivity (Wildman–Crippen MR) is 56.5 cm³/mol. The Balaban J connectivity index is 2.32. The maximum atomic E-state index is 5.83. The summed E-state index contributed by atoms with van der Waals surface area (Å²) >= 11 is 3.41. The average Bonchev–Trinajstić information content (AvgIpc) is 2.61. The van der Waals surface area contributed by atoms with Gasteiger partial charge in [-0.1, -0.05) is 15.9 Å². The summed E-state index contributed by atoms with van der Waals surface area (Å²) in [7, 11) is 0. The van der Waals surface area contributed by atoms with Gasteiger partial charge >= 0.3 is 0 Å². The van der Waals surface area contributed by atoms with Crippen molar-refractivity contribution in [2.75, 3.05) is 23.9 Å². The molecule has 0 atom stereocenters. The molecule has 70 valence electrons. The molecule has 0 aliphatic carbocycles. The lowest BCUT2D eigenvalue weighted by Crippen LogP contribution is -2.17. The number of halogens is 1. The predicted octanol–water partition coefficient (Wildman–Crippen LogP) is 2.17. The van der Waals surface area contributed by atoms with E-state index in [1.54, 1.807) is 0 Å². The molecule has 13 heavy (non-hydrogen) atoms. The third kappa shape index (κ3) is 1.78. The van der Waals surface area contributed by atoms with Crippen molar-refractivity contribution < 1.29 is 4.84 Å². The Morgan fingerprint density at radius 2 is 2.31 bits per heavy atom. The Hall–Kier alpha value is -0.740. The lowest BCUT2D eigenvalue weighted by Gasteiger charge is -2.18. The van der Waals surface area contributed by atoms with Crippen molar-refractivity contribution in [2.45, 2.75) is 6.42 Å². The number of rotatable bonds is 1. The zero-order chi connectivity index (χ0) is 9.26. The number of anilines is 2. The van der Waals surface area contributed by atoms with Gasteiger partial charge in [0.05, 0.1) is 18.0 Å². The molecule has 1 aromatic rings. The van der Waals surface area contributed by atoms with Crippen LogP contribution in [-0.4, -0.2) is 13.2 Å². The molecule has 2 rings (SSSR count). The van der Waals surface area contributed by atoms with Gasteiger partial charge in [0.25, 0.3) is 0 Å². The Kier molecular flexibility index (Phi) is 2.42. The number of hydrogen-bond donors (Lipinski definition) is 1. The van der Waals surface area contributed by atoms with Gasteiger partial charge in [-0.15, -0.1) is 0 Å². The summed E-state index contributed by atoms with van der Waals surface area (Å²) in [5.74, 6) is 0. The van der Waals surface area contributed by atoms with Crippen LogP contribution in [0.4, 0.5) is 11.4 Å². The number of nitrogen functional groups attached to an aromatic ring is 1. The average molecular weight is 243 g/mol. The van der Waals surface area contributed by atoms with Crippen LogP contribution in [0, 0.1) is 0 Å². The number of nitrogens with zero attached hydrogens (tertiary/aromatic N) is 1. The first kappa shape index (κ1) is 8.84. The molecule has 4 heteroatoms. The molecule has 1 aliphatic rings. The van der Waals surface area contributed by atoms with Crippen molar-refractivity contribution in [3.63, 3.8) is 0 Å². The van der Waals surface area contributed by atoms with Gasteiger partial charge in [-0.2, -0.15) is 0 Å². The largest absolute Gasteiger partial charge is 0.397 e. The second-order valence-electron chi connectivity index (χ2n) is 2.99. The zero-order valence-electron chi connectivity index (χ0n) is 7.16. The van der Waals surface area contributed by atoms with E-state index in [-0.39, 0.29) is 0 Å². The van der Waals surface area contributed by atoms with Gasteiger partial charge in [0.15, 0.2) is 0 Å². The third-order valence-electron chi connectivity index (χ3n) is 2.01. The molecule has 1 heterocycles. The number of nitrogens with two attached hydrogens (primary N) is 1. The standard InChI is InChI=1S/C9H11BrN2O/c10-7-2-3-8(11)9(6-7)12-4-1-5-13-12/h2-3,6H,1,4-5,11H2. The van der Waals surface area contributed by atoms with E-state index in [1.807, 2.05) is 23.3 Å². The topological polar surface area (TPSA) is 38.5 Å². The van der Waals surface area contributed by atoms with E-state index in [1.165, 1.54) is 0 Å². The minimum Gasteiger partial charge on any atom is -0.397 e. The first-order valence-corrected chi connectivity index (χ1v) is 5.02. The SMILES string of the molecule is Nc1ccc(Br)cc1N1CCCO1. The second-order valence-corrected chi connectivity index (χ2v) is 3.91. The fourth-order valence-electron chi connectivity index (χ4n) is 1.37. The van der Waals surface area contributed by atoms with Gasteiger partial charge < -0.3 is 5.73 Å². The third-order valence-corrected chi connectivity index (χ3v) is 2.51.